The van der Waals surface area contributed by atoms with E-state index in [1.165, 1.54) is 18.4 Å². The van der Waals surface area contributed by atoms with E-state index in [0.717, 1.165) is 37.2 Å². The highest BCUT2D eigenvalue weighted by atomic mass is 35.5. The van der Waals surface area contributed by atoms with Gasteiger partial charge in [0.05, 0.1) is 12.7 Å². The van der Waals surface area contributed by atoms with Gasteiger partial charge in [0.1, 0.15) is 0 Å². The second-order valence-electron chi connectivity index (χ2n) is 9.27. The van der Waals surface area contributed by atoms with E-state index in [0.29, 0.717) is 30.5 Å². The highest BCUT2D eigenvalue weighted by Gasteiger charge is 2.21. The van der Waals surface area contributed by atoms with Crippen molar-refractivity contribution in [2.24, 2.45) is 5.92 Å². The van der Waals surface area contributed by atoms with Crippen LogP contribution < -0.4 is 10.6 Å². The number of likely N-dealkylation sites (N-methyl/N-ethyl adjacent to an activating group) is 2. The van der Waals surface area contributed by atoms with Crippen LogP contribution in [-0.4, -0.2) is 93.7 Å². The van der Waals surface area contributed by atoms with Crippen molar-refractivity contribution in [2.75, 3.05) is 60.6 Å². The van der Waals surface area contributed by atoms with E-state index in [4.69, 9.17) is 26.2 Å². The lowest BCUT2D eigenvalue weighted by Gasteiger charge is -2.28. The van der Waals surface area contributed by atoms with Crippen LogP contribution in [0.5, 0.6) is 0 Å². The average molecular weight is 513 g/mol. The fraction of sp³-hybridized carbons (Fsp3) is 0.680. The molecule has 0 saturated carbocycles. The monoisotopic (exact) mass is 512 g/mol. The van der Waals surface area contributed by atoms with Gasteiger partial charge in [0.2, 0.25) is 0 Å². The Labute approximate surface area is 214 Å². The molecule has 0 aromatic heterocycles. The summed E-state index contributed by atoms with van der Waals surface area (Å²) in [4.78, 5) is 26.6. The highest BCUT2D eigenvalue weighted by molar-refractivity contribution is 6.30. The molecule has 2 rings (SSSR count). The lowest BCUT2D eigenvalue weighted by molar-refractivity contribution is 0.0315. The number of aryl methyl sites for hydroxylation is 1. The molecule has 198 valence electrons. The summed E-state index contributed by atoms with van der Waals surface area (Å²) < 4.78 is 11.6. The molecule has 1 aromatic rings. The van der Waals surface area contributed by atoms with Gasteiger partial charge < -0.3 is 35.0 Å². The highest BCUT2D eigenvalue weighted by Crippen LogP contribution is 2.27. The van der Waals surface area contributed by atoms with Gasteiger partial charge in [-0.1, -0.05) is 17.7 Å². The number of carboxylic acid groups (broad SMARTS) is 1. The van der Waals surface area contributed by atoms with Crippen molar-refractivity contribution in [1.82, 2.24) is 20.4 Å². The molecular weight excluding hydrogens is 472 g/mol. The summed E-state index contributed by atoms with van der Waals surface area (Å²) in [5.41, 5.74) is 1.97. The zero-order valence-corrected chi connectivity index (χ0v) is 22.1. The van der Waals surface area contributed by atoms with E-state index < -0.39 is 6.09 Å². The van der Waals surface area contributed by atoms with Crippen molar-refractivity contribution < 1.29 is 24.2 Å². The molecule has 3 atom stereocenters. The van der Waals surface area contributed by atoms with Crippen LogP contribution in [-0.2, 0) is 9.47 Å². The fourth-order valence-electron chi connectivity index (χ4n) is 4.17. The Bertz CT molecular complexity index is 806. The van der Waals surface area contributed by atoms with Crippen molar-refractivity contribution in [2.45, 2.75) is 44.8 Å². The topological polar surface area (TPSA) is 103 Å². The Balaban J connectivity index is 1.89. The fourth-order valence-corrected chi connectivity index (χ4v) is 4.35. The molecule has 9 nitrogen and oxygen atoms in total. The number of hydrogen-bond acceptors (Lipinski definition) is 5. The molecule has 0 radical (unpaired) electrons. The first-order valence-electron chi connectivity index (χ1n) is 12.3. The smallest absolute Gasteiger partial charge is 0.407 e. The number of nitrogens with one attached hydrogen (secondary N) is 2. The molecule has 1 aliphatic rings. The molecular formula is C25H41ClN4O5. The van der Waals surface area contributed by atoms with E-state index in [1.807, 2.05) is 32.2 Å². The first kappa shape index (κ1) is 29.2. The van der Waals surface area contributed by atoms with Gasteiger partial charge in [-0.3, -0.25) is 0 Å². The van der Waals surface area contributed by atoms with Crippen molar-refractivity contribution >= 4 is 23.7 Å². The number of rotatable bonds is 13. The zero-order valence-electron chi connectivity index (χ0n) is 21.4. The third-order valence-electron chi connectivity index (χ3n) is 6.51. The number of ether oxygens (including phenoxy) is 2. The Morgan fingerprint density at radius 2 is 2.06 bits per heavy atom. The second kappa shape index (κ2) is 15.1. The summed E-state index contributed by atoms with van der Waals surface area (Å²) in [6.45, 7) is 5.12. The van der Waals surface area contributed by atoms with Gasteiger partial charge in [0.25, 0.3) is 0 Å². The van der Waals surface area contributed by atoms with E-state index in [1.54, 1.807) is 11.9 Å². The van der Waals surface area contributed by atoms with Crippen LogP contribution in [0.25, 0.3) is 0 Å². The molecule has 10 heteroatoms. The minimum atomic E-state index is -1.00. The molecule has 0 spiro atoms. The minimum Gasteiger partial charge on any atom is -0.465 e. The molecule has 1 unspecified atom stereocenters. The van der Waals surface area contributed by atoms with E-state index >= 15 is 0 Å². The van der Waals surface area contributed by atoms with Crippen LogP contribution in [0.15, 0.2) is 18.2 Å². The number of urea groups is 1. The van der Waals surface area contributed by atoms with Gasteiger partial charge in [0.15, 0.2) is 0 Å². The maximum atomic E-state index is 12.7. The summed E-state index contributed by atoms with van der Waals surface area (Å²) in [7, 11) is 5.18. The first-order chi connectivity index (χ1) is 16.7. The molecule has 1 fully saturated rings. The van der Waals surface area contributed by atoms with Gasteiger partial charge in [-0.2, -0.15) is 0 Å². The molecule has 3 amide bonds. The molecule has 1 saturated heterocycles. The number of halogens is 1. The third-order valence-corrected chi connectivity index (χ3v) is 6.75. The Morgan fingerprint density at radius 1 is 1.29 bits per heavy atom. The Hall–Kier alpha value is -2.07. The van der Waals surface area contributed by atoms with E-state index in [9.17, 15) is 9.59 Å². The van der Waals surface area contributed by atoms with Crippen molar-refractivity contribution in [3.8, 4) is 0 Å². The van der Waals surface area contributed by atoms with Crippen molar-refractivity contribution in [3.05, 3.63) is 34.3 Å². The normalized spacial score (nSPS) is 17.5. The molecule has 0 bridgehead atoms. The maximum absolute atomic E-state index is 12.7. The molecule has 0 aliphatic carbocycles. The van der Waals surface area contributed by atoms with Gasteiger partial charge >= 0.3 is 12.1 Å². The van der Waals surface area contributed by atoms with Gasteiger partial charge in [0, 0.05) is 58.0 Å². The van der Waals surface area contributed by atoms with Crippen molar-refractivity contribution in [1.29, 1.82) is 0 Å². The minimum absolute atomic E-state index is 0.141. The Morgan fingerprint density at radius 3 is 2.71 bits per heavy atom. The number of nitrogens with zero attached hydrogens (tertiary/aromatic N) is 2. The molecule has 1 heterocycles. The summed E-state index contributed by atoms with van der Waals surface area (Å²) in [5, 5.41) is 16.0. The van der Waals surface area contributed by atoms with Gasteiger partial charge in [-0.25, -0.2) is 9.59 Å². The number of amides is 3. The van der Waals surface area contributed by atoms with Crippen molar-refractivity contribution in [3.63, 3.8) is 0 Å². The number of benzene rings is 1. The van der Waals surface area contributed by atoms with E-state index in [-0.39, 0.29) is 31.3 Å². The van der Waals surface area contributed by atoms with Crippen LogP contribution in [0.3, 0.4) is 0 Å². The summed E-state index contributed by atoms with van der Waals surface area (Å²) in [6, 6.07) is 5.68. The Kier molecular flexibility index (Phi) is 12.6. The molecule has 3 N–H and O–H groups in total. The van der Waals surface area contributed by atoms with Crippen LogP contribution >= 0.6 is 11.6 Å². The average Bonchev–Trinajstić information content (AvgIpc) is 2.85. The predicted octanol–water partition coefficient (Wildman–Crippen LogP) is 3.75. The largest absolute Gasteiger partial charge is 0.465 e. The predicted molar refractivity (Wildman–Crippen MR) is 137 cm³/mol. The standard InChI is InChI=1S/C25H41ClN4O5/c1-18-7-8-20(26)15-22(18)23(35-13-11-30(4)25(32)33)9-10-29(3)24(31)28-16-21(27-2)14-19-6-5-12-34-17-19/h7-8,15,19,21,23,27H,5-6,9-14,16-17H2,1-4H3,(H,28,31)(H,32,33)/t19-,21+,23?/m1/s1. The third kappa shape index (κ3) is 10.2. The molecule has 1 aromatic carbocycles. The summed E-state index contributed by atoms with van der Waals surface area (Å²) in [5.74, 6) is 0.523. The first-order valence-corrected chi connectivity index (χ1v) is 12.6. The zero-order chi connectivity index (χ0) is 25.8. The summed E-state index contributed by atoms with van der Waals surface area (Å²) >= 11 is 6.22. The van der Waals surface area contributed by atoms with Crippen LogP contribution in [0.2, 0.25) is 5.02 Å². The number of carbonyl (C=O) groups excluding carboxylic acids is 1. The summed E-state index contributed by atoms with van der Waals surface area (Å²) in [6.07, 6.45) is 2.46. The lowest BCUT2D eigenvalue weighted by Crippen LogP contribution is -2.45. The van der Waals surface area contributed by atoms with Crippen LogP contribution in [0, 0.1) is 12.8 Å². The van der Waals surface area contributed by atoms with E-state index in [2.05, 4.69) is 10.6 Å². The van der Waals surface area contributed by atoms with Gasteiger partial charge in [-0.15, -0.1) is 0 Å². The number of hydrogen-bond donors (Lipinski definition) is 3. The SMILES string of the molecule is CN[C@H](CNC(=O)N(C)CCC(OCCN(C)C(=O)O)c1cc(Cl)ccc1C)C[C@H]1CCCOC1. The van der Waals surface area contributed by atoms with Crippen LogP contribution in [0.1, 0.15) is 42.9 Å². The number of carbonyl (C=O) groups is 2. The second-order valence-corrected chi connectivity index (χ2v) is 9.70. The molecule has 35 heavy (non-hydrogen) atoms. The van der Waals surface area contributed by atoms with Gasteiger partial charge in [-0.05, 0) is 68.8 Å². The molecule has 1 aliphatic heterocycles. The van der Waals surface area contributed by atoms with Crippen LogP contribution in [0.4, 0.5) is 9.59 Å². The quantitative estimate of drug-likeness (QED) is 0.372. The maximum Gasteiger partial charge on any atom is 0.407 e. The lowest BCUT2D eigenvalue weighted by atomic mass is 9.94.